The second-order valence-electron chi connectivity index (χ2n) is 6.60. The van der Waals surface area contributed by atoms with E-state index in [0.29, 0.717) is 5.56 Å². The summed E-state index contributed by atoms with van der Waals surface area (Å²) < 4.78 is 1.84. The van der Waals surface area contributed by atoms with Crippen molar-refractivity contribution in [2.24, 2.45) is 0 Å². The third-order valence-corrected chi connectivity index (χ3v) is 4.82. The number of hydrogen-bond acceptors (Lipinski definition) is 3. The molecule has 0 radical (unpaired) electrons. The first-order valence-corrected chi connectivity index (χ1v) is 8.92. The maximum absolute atomic E-state index is 13.1. The average Bonchev–Trinajstić information content (AvgIpc) is 2.69. The zero-order valence-electron chi connectivity index (χ0n) is 14.7. The maximum atomic E-state index is 13.1. The van der Waals surface area contributed by atoms with Crippen LogP contribution < -0.4 is 10.9 Å². The molecule has 0 fully saturated rings. The van der Waals surface area contributed by atoms with Gasteiger partial charge >= 0.3 is 0 Å². The Morgan fingerprint density at radius 2 is 1.77 bits per heavy atom. The third-order valence-electron chi connectivity index (χ3n) is 4.82. The van der Waals surface area contributed by atoms with Crippen molar-refractivity contribution >= 4 is 11.3 Å². The van der Waals surface area contributed by atoms with Gasteiger partial charge in [-0.1, -0.05) is 48.5 Å². The van der Waals surface area contributed by atoms with Gasteiger partial charge < -0.3 is 5.32 Å². The predicted octanol–water partition coefficient (Wildman–Crippen LogP) is 4.72. The Kier molecular flexibility index (Phi) is 4.40. The van der Waals surface area contributed by atoms with Crippen LogP contribution in [0.5, 0.6) is 0 Å². The second kappa shape index (κ2) is 7.00. The van der Waals surface area contributed by atoms with Gasteiger partial charge in [0.25, 0.3) is 5.56 Å². The minimum Gasteiger partial charge on any atom is -0.361 e. The van der Waals surface area contributed by atoms with E-state index in [2.05, 4.69) is 17.2 Å². The lowest BCUT2D eigenvalue weighted by molar-refractivity contribution is 0.464. The van der Waals surface area contributed by atoms with Crippen LogP contribution in [0.15, 0.2) is 77.9 Å². The van der Waals surface area contributed by atoms with Crippen molar-refractivity contribution in [3.05, 3.63) is 89.2 Å². The van der Waals surface area contributed by atoms with Gasteiger partial charge in [-0.2, -0.15) is 0 Å². The number of aromatic nitrogens is 2. The number of fused-ring (bicyclic) bond motifs is 1. The normalized spacial score (nSPS) is 17.7. The number of rotatable bonds is 3. The number of nitrogens with zero attached hydrogens (tertiary/aromatic N) is 2. The lowest BCUT2D eigenvalue weighted by Gasteiger charge is -2.26. The lowest BCUT2D eigenvalue weighted by Crippen LogP contribution is -2.31. The van der Waals surface area contributed by atoms with Crippen LogP contribution in [0.1, 0.15) is 31.6 Å². The number of nitrogens with one attached hydrogen (secondary N) is 1. The molecule has 4 rings (SSSR count). The standard InChI is InChI=1S/C22H21N3O/c1-16-12-13-18(14-23-19-10-6-3-7-11-19)21-24-15-20(22(26)25(16)21)17-8-4-2-5-9-17/h2-11,14-16,23H,12-13H2,1H3/b18-14-. The van der Waals surface area contributed by atoms with E-state index in [-0.39, 0.29) is 11.6 Å². The highest BCUT2D eigenvalue weighted by Gasteiger charge is 2.23. The minimum atomic E-state index is 0.0269. The van der Waals surface area contributed by atoms with Gasteiger partial charge in [-0.15, -0.1) is 0 Å². The summed E-state index contributed by atoms with van der Waals surface area (Å²) in [5.41, 5.74) is 3.67. The van der Waals surface area contributed by atoms with E-state index < -0.39 is 0 Å². The molecular weight excluding hydrogens is 322 g/mol. The van der Waals surface area contributed by atoms with E-state index in [1.165, 1.54) is 0 Å². The van der Waals surface area contributed by atoms with Crippen molar-refractivity contribution in [3.63, 3.8) is 0 Å². The van der Waals surface area contributed by atoms with Gasteiger partial charge in [0.05, 0.1) is 5.56 Å². The van der Waals surface area contributed by atoms with Crippen molar-refractivity contribution in [2.75, 3.05) is 5.32 Å². The molecule has 0 bridgehead atoms. The first kappa shape index (κ1) is 16.3. The number of benzene rings is 2. The molecule has 0 spiro atoms. The molecule has 4 nitrogen and oxygen atoms in total. The molecule has 4 heteroatoms. The van der Waals surface area contributed by atoms with E-state index in [0.717, 1.165) is 35.5 Å². The fourth-order valence-electron chi connectivity index (χ4n) is 3.38. The molecule has 26 heavy (non-hydrogen) atoms. The first-order valence-electron chi connectivity index (χ1n) is 8.92. The molecule has 3 aromatic rings. The Bertz CT molecular complexity index is 991. The van der Waals surface area contributed by atoms with Crippen LogP contribution in [0.25, 0.3) is 16.7 Å². The molecule has 1 aliphatic heterocycles. The molecule has 1 aliphatic rings. The highest BCUT2D eigenvalue weighted by atomic mass is 16.1. The van der Waals surface area contributed by atoms with Crippen LogP contribution in [-0.2, 0) is 0 Å². The van der Waals surface area contributed by atoms with Crippen molar-refractivity contribution < 1.29 is 0 Å². The van der Waals surface area contributed by atoms with Crippen molar-refractivity contribution in [2.45, 2.75) is 25.8 Å². The molecule has 0 aliphatic carbocycles. The molecule has 130 valence electrons. The van der Waals surface area contributed by atoms with Crippen LogP contribution in [0.4, 0.5) is 5.69 Å². The van der Waals surface area contributed by atoms with Gasteiger partial charge in [0.2, 0.25) is 0 Å². The SMILES string of the molecule is CC1CC/C(=C/Nc2ccccc2)c2ncc(-c3ccccc3)c(=O)n21. The highest BCUT2D eigenvalue weighted by molar-refractivity contribution is 5.67. The summed E-state index contributed by atoms with van der Waals surface area (Å²) in [6, 6.07) is 19.9. The number of anilines is 1. The van der Waals surface area contributed by atoms with Crippen LogP contribution in [0.2, 0.25) is 0 Å². The largest absolute Gasteiger partial charge is 0.361 e. The van der Waals surface area contributed by atoms with Gasteiger partial charge in [0.15, 0.2) is 0 Å². The van der Waals surface area contributed by atoms with Gasteiger partial charge in [-0.05, 0) is 37.5 Å². The summed E-state index contributed by atoms with van der Waals surface area (Å²) in [5.74, 6) is 0.761. The number of para-hydroxylation sites is 1. The first-order chi connectivity index (χ1) is 12.7. The number of hydrogen-bond donors (Lipinski definition) is 1. The summed E-state index contributed by atoms with van der Waals surface area (Å²) in [6.07, 6.45) is 5.51. The minimum absolute atomic E-state index is 0.0269. The monoisotopic (exact) mass is 343 g/mol. The Morgan fingerprint density at radius 3 is 2.50 bits per heavy atom. The third kappa shape index (κ3) is 3.06. The lowest BCUT2D eigenvalue weighted by atomic mass is 9.99. The van der Waals surface area contributed by atoms with Crippen LogP contribution >= 0.6 is 0 Å². The Balaban J connectivity index is 1.75. The molecule has 0 amide bonds. The smallest absolute Gasteiger partial charge is 0.261 e. The van der Waals surface area contributed by atoms with Crippen LogP contribution in [-0.4, -0.2) is 9.55 Å². The summed E-state index contributed by atoms with van der Waals surface area (Å²) in [7, 11) is 0. The molecule has 1 aromatic heterocycles. The molecule has 2 aromatic carbocycles. The Labute approximate surface area is 152 Å². The van der Waals surface area contributed by atoms with Gasteiger partial charge in [-0.25, -0.2) is 4.98 Å². The van der Waals surface area contributed by atoms with Gasteiger partial charge in [0.1, 0.15) is 5.82 Å². The maximum Gasteiger partial charge on any atom is 0.261 e. The fraction of sp³-hybridized carbons (Fsp3) is 0.182. The van der Waals surface area contributed by atoms with Crippen molar-refractivity contribution in [1.29, 1.82) is 0 Å². The van der Waals surface area contributed by atoms with E-state index in [4.69, 9.17) is 0 Å². The summed E-state index contributed by atoms with van der Waals surface area (Å²) in [5, 5.41) is 3.32. The molecule has 1 atom stereocenters. The van der Waals surface area contributed by atoms with Gasteiger partial charge in [-0.3, -0.25) is 9.36 Å². The van der Waals surface area contributed by atoms with Crippen LogP contribution in [0.3, 0.4) is 0 Å². The molecular formula is C22H21N3O. The average molecular weight is 343 g/mol. The van der Waals surface area contributed by atoms with Crippen LogP contribution in [0, 0.1) is 0 Å². The second-order valence-corrected chi connectivity index (χ2v) is 6.60. The fourth-order valence-corrected chi connectivity index (χ4v) is 3.38. The molecule has 2 heterocycles. The van der Waals surface area contributed by atoms with Crippen molar-refractivity contribution in [1.82, 2.24) is 9.55 Å². The molecule has 1 N–H and O–H groups in total. The zero-order chi connectivity index (χ0) is 17.9. The summed E-state index contributed by atoms with van der Waals surface area (Å²) in [4.78, 5) is 17.8. The molecule has 0 saturated carbocycles. The van der Waals surface area contributed by atoms with Crippen molar-refractivity contribution in [3.8, 4) is 11.1 Å². The molecule has 1 unspecified atom stereocenters. The van der Waals surface area contributed by atoms with E-state index in [1.54, 1.807) is 6.20 Å². The summed E-state index contributed by atoms with van der Waals surface area (Å²) in [6.45, 7) is 2.09. The molecule has 0 saturated heterocycles. The number of allylic oxidation sites excluding steroid dienone is 1. The summed E-state index contributed by atoms with van der Waals surface area (Å²) >= 11 is 0. The quantitative estimate of drug-likeness (QED) is 0.748. The van der Waals surface area contributed by atoms with E-state index in [9.17, 15) is 4.79 Å². The highest BCUT2D eigenvalue weighted by Crippen LogP contribution is 2.30. The Morgan fingerprint density at radius 1 is 1.08 bits per heavy atom. The zero-order valence-corrected chi connectivity index (χ0v) is 14.7. The predicted molar refractivity (Wildman–Crippen MR) is 106 cm³/mol. The van der Waals surface area contributed by atoms with E-state index >= 15 is 0 Å². The van der Waals surface area contributed by atoms with E-state index in [1.807, 2.05) is 71.4 Å². The topological polar surface area (TPSA) is 46.9 Å². The Hall–Kier alpha value is -3.14. The van der Waals surface area contributed by atoms with Gasteiger partial charge in [0, 0.05) is 29.7 Å².